The van der Waals surface area contributed by atoms with Gasteiger partial charge in [-0.25, -0.2) is 14.2 Å². The maximum atomic E-state index is 13.3. The van der Waals surface area contributed by atoms with Crippen LogP contribution in [0.5, 0.6) is 5.75 Å². The number of aromatic nitrogens is 1. The first kappa shape index (κ1) is 35.2. The molecule has 2 heterocycles. The van der Waals surface area contributed by atoms with Crippen LogP contribution in [0.15, 0.2) is 48.5 Å². The largest absolute Gasteiger partial charge is 0.493 e. The second-order valence-electron chi connectivity index (χ2n) is 14.3. The molecule has 1 aliphatic heterocycles. The van der Waals surface area contributed by atoms with Crippen molar-refractivity contribution in [3.63, 3.8) is 0 Å². The van der Waals surface area contributed by atoms with Crippen LogP contribution in [0.4, 0.5) is 15.9 Å². The van der Waals surface area contributed by atoms with E-state index in [1.807, 2.05) is 66.1 Å². The Morgan fingerprint density at radius 3 is 2.28 bits per heavy atom. The van der Waals surface area contributed by atoms with Gasteiger partial charge in [0.05, 0.1) is 17.9 Å². The number of nitrogens with one attached hydrogen (secondary N) is 1. The topological polar surface area (TPSA) is 87.2 Å². The maximum absolute atomic E-state index is 13.3. The number of halogens is 1. The van der Waals surface area contributed by atoms with Gasteiger partial charge in [0.25, 0.3) is 0 Å². The second-order valence-corrected chi connectivity index (χ2v) is 14.3. The van der Waals surface area contributed by atoms with Crippen LogP contribution in [0, 0.1) is 18.2 Å². The number of benzene rings is 2. The molecule has 0 spiro atoms. The molecule has 1 unspecified atom stereocenters. The molecule has 46 heavy (non-hydrogen) atoms. The highest BCUT2D eigenvalue weighted by atomic mass is 19.1. The Kier molecular flexibility index (Phi) is 11.3. The van der Waals surface area contributed by atoms with E-state index in [-0.39, 0.29) is 11.2 Å². The molecule has 1 saturated heterocycles. The number of carbonyl (C=O) groups is 1. The van der Waals surface area contributed by atoms with Gasteiger partial charge in [0.1, 0.15) is 17.4 Å². The van der Waals surface area contributed by atoms with Crippen molar-refractivity contribution in [1.82, 2.24) is 9.88 Å². The Balaban J connectivity index is 1.80. The van der Waals surface area contributed by atoms with Crippen LogP contribution in [0.3, 0.4) is 0 Å². The molecular formula is C37H51FN4O4. The van der Waals surface area contributed by atoms with Crippen LogP contribution in [0.2, 0.25) is 0 Å². The van der Waals surface area contributed by atoms with Gasteiger partial charge in [0, 0.05) is 49.4 Å². The average molecular weight is 635 g/mol. The number of nitrogens with zero attached hydrogens (tertiary/aromatic N) is 3. The predicted octanol–water partition coefficient (Wildman–Crippen LogP) is 7.36. The summed E-state index contributed by atoms with van der Waals surface area (Å²) in [6.07, 6.45) is 1.43. The number of hydrogen-bond donors (Lipinski definition) is 2. The highest BCUT2D eigenvalue weighted by Gasteiger charge is 2.37. The van der Waals surface area contributed by atoms with E-state index >= 15 is 0 Å². The van der Waals surface area contributed by atoms with E-state index in [1.165, 1.54) is 12.1 Å². The third-order valence-corrected chi connectivity index (χ3v) is 8.36. The average Bonchev–Trinajstić information content (AvgIpc) is 2.97. The predicted molar refractivity (Wildman–Crippen MR) is 183 cm³/mol. The Morgan fingerprint density at radius 1 is 1.09 bits per heavy atom. The van der Waals surface area contributed by atoms with Gasteiger partial charge in [0.2, 0.25) is 0 Å². The molecule has 250 valence electrons. The van der Waals surface area contributed by atoms with Crippen molar-refractivity contribution in [2.75, 3.05) is 57.1 Å². The lowest BCUT2D eigenvalue weighted by Gasteiger charge is -2.41. The molecule has 1 aliphatic rings. The van der Waals surface area contributed by atoms with Crippen LogP contribution >= 0.6 is 0 Å². The third-order valence-electron chi connectivity index (χ3n) is 8.36. The molecule has 1 fully saturated rings. The van der Waals surface area contributed by atoms with E-state index in [0.29, 0.717) is 42.4 Å². The second kappa shape index (κ2) is 14.8. The zero-order valence-electron chi connectivity index (χ0n) is 28.7. The molecule has 4 rings (SSSR count). The molecule has 1 aromatic heterocycles. The van der Waals surface area contributed by atoms with E-state index in [9.17, 15) is 14.3 Å². The standard InChI is InChI=1S/C37H51FN4O4/c1-25-30(33(35(43)44)46-36(2,3)4)32(42-21-18-37(5,6)19-22-42)31(34(40-25)39-20-23-41(7)8)27-11-15-29(16-12-27)45-24-17-26-9-13-28(38)14-10-26/h9-16,33H,17-24H2,1-8H3,(H,39,40)(H,43,44). The van der Waals surface area contributed by atoms with Crippen molar-refractivity contribution >= 4 is 17.5 Å². The minimum atomic E-state index is -1.19. The minimum Gasteiger partial charge on any atom is -0.493 e. The number of anilines is 2. The molecule has 8 nitrogen and oxygen atoms in total. The highest BCUT2D eigenvalue weighted by Crippen LogP contribution is 2.46. The van der Waals surface area contributed by atoms with Gasteiger partial charge in [-0.1, -0.05) is 38.1 Å². The number of carboxylic acid groups (broad SMARTS) is 1. The molecule has 0 amide bonds. The number of rotatable bonds is 13. The molecule has 2 N–H and O–H groups in total. The summed E-state index contributed by atoms with van der Waals surface area (Å²) >= 11 is 0. The van der Waals surface area contributed by atoms with Crippen LogP contribution in [-0.2, 0) is 16.0 Å². The summed E-state index contributed by atoms with van der Waals surface area (Å²) < 4.78 is 25.6. The van der Waals surface area contributed by atoms with Gasteiger partial charge >= 0.3 is 5.97 Å². The number of pyridine rings is 1. The first-order chi connectivity index (χ1) is 21.6. The molecule has 0 aliphatic carbocycles. The fourth-order valence-corrected chi connectivity index (χ4v) is 5.72. The zero-order chi connectivity index (χ0) is 33.6. The summed E-state index contributed by atoms with van der Waals surface area (Å²) in [4.78, 5) is 22.3. The number of carboxylic acids is 1. The van der Waals surface area contributed by atoms with Gasteiger partial charge in [-0.15, -0.1) is 0 Å². The smallest absolute Gasteiger partial charge is 0.337 e. The Hall–Kier alpha value is -3.69. The van der Waals surface area contributed by atoms with E-state index < -0.39 is 17.7 Å². The molecule has 2 aromatic carbocycles. The Bertz CT molecular complexity index is 1460. The molecule has 0 bridgehead atoms. The van der Waals surface area contributed by atoms with Gasteiger partial charge in [-0.3, -0.25) is 0 Å². The van der Waals surface area contributed by atoms with Crippen molar-refractivity contribution < 1.29 is 23.8 Å². The van der Waals surface area contributed by atoms with Gasteiger partial charge in [0.15, 0.2) is 6.10 Å². The van der Waals surface area contributed by atoms with E-state index in [0.717, 1.165) is 54.9 Å². The Morgan fingerprint density at radius 2 is 1.72 bits per heavy atom. The number of ether oxygens (including phenoxy) is 2. The van der Waals surface area contributed by atoms with Crippen molar-refractivity contribution in [3.8, 4) is 16.9 Å². The summed E-state index contributed by atoms with van der Waals surface area (Å²) in [5.41, 5.74) is 4.37. The lowest BCUT2D eigenvalue weighted by molar-refractivity contribution is -0.160. The van der Waals surface area contributed by atoms with Crippen molar-refractivity contribution in [2.45, 2.75) is 72.5 Å². The number of piperidine rings is 1. The Labute approximate surface area is 273 Å². The molecule has 3 aromatic rings. The molecule has 1 atom stereocenters. The van der Waals surface area contributed by atoms with Crippen molar-refractivity contribution in [3.05, 3.63) is 71.2 Å². The fourth-order valence-electron chi connectivity index (χ4n) is 5.72. The summed E-state index contributed by atoms with van der Waals surface area (Å²) in [5, 5.41) is 14.1. The number of aliphatic carboxylic acids is 1. The summed E-state index contributed by atoms with van der Waals surface area (Å²) in [7, 11) is 4.06. The monoisotopic (exact) mass is 634 g/mol. The molecule has 0 saturated carbocycles. The molecule has 9 heteroatoms. The van der Waals surface area contributed by atoms with E-state index in [1.54, 1.807) is 12.1 Å². The summed E-state index contributed by atoms with van der Waals surface area (Å²) in [6.45, 7) is 15.6. The summed E-state index contributed by atoms with van der Waals surface area (Å²) in [5.74, 6) is 0.140. The van der Waals surface area contributed by atoms with Crippen LogP contribution in [0.25, 0.3) is 11.1 Å². The van der Waals surface area contributed by atoms with E-state index in [4.69, 9.17) is 14.5 Å². The summed E-state index contributed by atoms with van der Waals surface area (Å²) in [6, 6.07) is 14.4. The molecule has 0 radical (unpaired) electrons. The van der Waals surface area contributed by atoms with Gasteiger partial charge in [-0.05, 0) is 95.4 Å². The van der Waals surface area contributed by atoms with Crippen molar-refractivity contribution in [2.24, 2.45) is 5.41 Å². The van der Waals surface area contributed by atoms with Crippen LogP contribution in [0.1, 0.15) is 70.4 Å². The first-order valence-electron chi connectivity index (χ1n) is 16.2. The molecular weight excluding hydrogens is 583 g/mol. The van der Waals surface area contributed by atoms with Crippen LogP contribution < -0.4 is 15.0 Å². The third kappa shape index (κ3) is 9.42. The van der Waals surface area contributed by atoms with Crippen LogP contribution in [-0.4, -0.2) is 73.4 Å². The van der Waals surface area contributed by atoms with Gasteiger partial charge in [-0.2, -0.15) is 0 Å². The zero-order valence-corrected chi connectivity index (χ0v) is 28.7. The first-order valence-corrected chi connectivity index (χ1v) is 16.2. The van der Waals surface area contributed by atoms with Crippen molar-refractivity contribution in [1.29, 1.82) is 0 Å². The quantitative estimate of drug-likeness (QED) is 0.202. The highest BCUT2D eigenvalue weighted by molar-refractivity contribution is 5.92. The lowest BCUT2D eigenvalue weighted by atomic mass is 9.82. The SMILES string of the molecule is Cc1nc(NCCN(C)C)c(-c2ccc(OCCc3ccc(F)cc3)cc2)c(N2CCC(C)(C)CC2)c1C(OC(C)(C)C)C(=O)O. The number of aryl methyl sites for hydroxylation is 1. The lowest BCUT2D eigenvalue weighted by Crippen LogP contribution is -2.39. The minimum absolute atomic E-state index is 0.201. The maximum Gasteiger partial charge on any atom is 0.337 e. The number of likely N-dealkylation sites (N-methyl/N-ethyl adjacent to an activating group) is 1. The number of hydrogen-bond acceptors (Lipinski definition) is 7. The fraction of sp³-hybridized carbons (Fsp3) is 0.514. The van der Waals surface area contributed by atoms with Gasteiger partial charge < -0.3 is 29.7 Å². The van der Waals surface area contributed by atoms with E-state index in [2.05, 4.69) is 29.0 Å². The normalized spacial score (nSPS) is 15.6.